The minimum absolute atomic E-state index is 0.0857. The smallest absolute Gasteiger partial charge is 0.249 e. The summed E-state index contributed by atoms with van der Waals surface area (Å²) < 4.78 is 30.0. The average Bonchev–Trinajstić information content (AvgIpc) is 3.27. The van der Waals surface area contributed by atoms with E-state index in [1.165, 1.54) is 19.5 Å². The van der Waals surface area contributed by atoms with Crippen molar-refractivity contribution >= 4 is 15.7 Å². The molecule has 0 N–H and O–H groups in total. The van der Waals surface area contributed by atoms with Gasteiger partial charge in [-0.3, -0.25) is 0 Å². The largest absolute Gasteiger partial charge is 0.350 e. The second-order valence-corrected chi connectivity index (χ2v) is 8.45. The Kier molecular flexibility index (Phi) is 4.16. The van der Waals surface area contributed by atoms with Crippen LogP contribution in [0.2, 0.25) is 0 Å². The van der Waals surface area contributed by atoms with Crippen LogP contribution in [0, 0.1) is 6.92 Å². The number of aryl methyl sites for hydroxylation is 1. The van der Waals surface area contributed by atoms with E-state index >= 15 is 0 Å². The molecule has 0 aliphatic carbocycles. The van der Waals surface area contributed by atoms with Gasteiger partial charge >= 0.3 is 5.69 Å². The molecule has 1 saturated heterocycles. The van der Waals surface area contributed by atoms with E-state index < -0.39 is 10.0 Å². The van der Waals surface area contributed by atoms with E-state index in [1.807, 2.05) is 31.2 Å². The lowest BCUT2D eigenvalue weighted by atomic mass is 10.1. The predicted octanol–water partition coefficient (Wildman–Crippen LogP) is 1.64. The zero-order valence-electron chi connectivity index (χ0n) is 14.5. The Morgan fingerprint density at radius 1 is 1.08 bits per heavy atom. The molecule has 0 radical (unpaired) electrons. The third-order valence-corrected chi connectivity index (χ3v) is 6.76. The number of hydrogen-bond acceptors (Lipinski definition) is 4. The van der Waals surface area contributed by atoms with Gasteiger partial charge in [0.1, 0.15) is 4.90 Å². The molecule has 1 fully saturated rings. The second kappa shape index (κ2) is 6.37. The first kappa shape index (κ1) is 17.0. The molecule has 3 heterocycles. The van der Waals surface area contributed by atoms with E-state index in [2.05, 4.69) is 5.10 Å². The summed E-state index contributed by atoms with van der Waals surface area (Å²) in [6.45, 7) is 3.30. The lowest BCUT2D eigenvalue weighted by molar-refractivity contribution is 0.477. The maximum absolute atomic E-state index is 12.9. The van der Waals surface area contributed by atoms with E-state index in [-0.39, 0.29) is 16.2 Å². The topological polar surface area (TPSA) is 76.7 Å². The van der Waals surface area contributed by atoms with Crippen LogP contribution in [0.3, 0.4) is 0 Å². The highest BCUT2D eigenvalue weighted by atomic mass is 32.2. The molecule has 1 aliphatic rings. The van der Waals surface area contributed by atoms with Crippen molar-refractivity contribution in [3.63, 3.8) is 0 Å². The van der Waals surface area contributed by atoms with Gasteiger partial charge in [-0.05, 0) is 43.0 Å². The van der Waals surface area contributed by atoms with Gasteiger partial charge in [-0.25, -0.2) is 22.3 Å². The van der Waals surface area contributed by atoms with E-state index in [0.717, 1.165) is 24.0 Å². The minimum atomic E-state index is -3.65. The summed E-state index contributed by atoms with van der Waals surface area (Å²) in [5, 5.41) is 4.35. The van der Waals surface area contributed by atoms with Gasteiger partial charge in [0, 0.05) is 19.3 Å². The summed E-state index contributed by atoms with van der Waals surface area (Å²) in [5.74, 6) is 0. The van der Waals surface area contributed by atoms with Crippen LogP contribution in [0.15, 0.2) is 52.3 Å². The fourth-order valence-electron chi connectivity index (χ4n) is 3.33. The maximum Gasteiger partial charge on any atom is 0.350 e. The van der Waals surface area contributed by atoms with Crippen LogP contribution in [0.5, 0.6) is 0 Å². The highest BCUT2D eigenvalue weighted by molar-refractivity contribution is 7.89. The lowest BCUT2D eigenvalue weighted by Gasteiger charge is -2.15. The van der Waals surface area contributed by atoms with Crippen LogP contribution >= 0.6 is 0 Å². The summed E-state index contributed by atoms with van der Waals surface area (Å²) in [5.41, 5.74) is 1.86. The first-order chi connectivity index (χ1) is 12.5. The van der Waals surface area contributed by atoms with Crippen molar-refractivity contribution in [1.82, 2.24) is 18.5 Å². The molecule has 1 aromatic carbocycles. The number of hydrogen-bond donors (Lipinski definition) is 0. The third kappa shape index (κ3) is 2.75. The van der Waals surface area contributed by atoms with Gasteiger partial charge in [-0.2, -0.15) is 4.31 Å². The fraction of sp³-hybridized carbons (Fsp3) is 0.333. The van der Waals surface area contributed by atoms with Gasteiger partial charge in [0.05, 0.1) is 6.54 Å². The quantitative estimate of drug-likeness (QED) is 0.698. The molecule has 8 heteroatoms. The standard InChI is InChI=1S/C18H20N4O3S/c1-14-7-2-3-8-15(14)13-22-18(23)21-12-6-9-16(17(21)19-22)26(24,25)20-10-4-5-11-20/h2-3,6-9,12H,4-5,10-11,13H2,1H3. The molecule has 3 aromatic rings. The lowest BCUT2D eigenvalue weighted by Crippen LogP contribution is -2.28. The number of pyridine rings is 1. The Morgan fingerprint density at radius 3 is 2.54 bits per heavy atom. The van der Waals surface area contributed by atoms with Gasteiger partial charge in [0.2, 0.25) is 10.0 Å². The highest BCUT2D eigenvalue weighted by Gasteiger charge is 2.30. The van der Waals surface area contributed by atoms with Gasteiger partial charge in [-0.15, -0.1) is 5.10 Å². The number of fused-ring (bicyclic) bond motifs is 1. The summed E-state index contributed by atoms with van der Waals surface area (Å²) in [7, 11) is -3.65. The van der Waals surface area contributed by atoms with Crippen molar-refractivity contribution in [3.05, 3.63) is 64.2 Å². The highest BCUT2D eigenvalue weighted by Crippen LogP contribution is 2.23. The van der Waals surface area contributed by atoms with E-state index in [9.17, 15) is 13.2 Å². The number of rotatable bonds is 4. The number of nitrogens with zero attached hydrogens (tertiary/aromatic N) is 4. The molecule has 136 valence electrons. The molecule has 0 bridgehead atoms. The average molecular weight is 372 g/mol. The predicted molar refractivity (Wildman–Crippen MR) is 97.7 cm³/mol. The van der Waals surface area contributed by atoms with Crippen molar-refractivity contribution in [2.24, 2.45) is 0 Å². The molecule has 0 saturated carbocycles. The third-order valence-electron chi connectivity index (χ3n) is 4.84. The molecule has 0 amide bonds. The van der Waals surface area contributed by atoms with Gasteiger partial charge in [-0.1, -0.05) is 24.3 Å². The van der Waals surface area contributed by atoms with Crippen molar-refractivity contribution < 1.29 is 8.42 Å². The molecular weight excluding hydrogens is 352 g/mol. The Balaban J connectivity index is 1.83. The van der Waals surface area contributed by atoms with Gasteiger partial charge in [0.25, 0.3) is 0 Å². The van der Waals surface area contributed by atoms with Crippen molar-refractivity contribution in [2.75, 3.05) is 13.1 Å². The van der Waals surface area contributed by atoms with Crippen molar-refractivity contribution in [2.45, 2.75) is 31.2 Å². The second-order valence-electron chi connectivity index (χ2n) is 6.54. The zero-order valence-corrected chi connectivity index (χ0v) is 15.3. The molecule has 1 aliphatic heterocycles. The van der Waals surface area contributed by atoms with Crippen LogP contribution in [0.4, 0.5) is 0 Å². The van der Waals surface area contributed by atoms with E-state index in [0.29, 0.717) is 19.6 Å². The van der Waals surface area contributed by atoms with Gasteiger partial charge in [0.15, 0.2) is 5.65 Å². The summed E-state index contributed by atoms with van der Waals surface area (Å²) in [6.07, 6.45) is 3.27. The monoisotopic (exact) mass is 372 g/mol. The number of aromatic nitrogens is 3. The van der Waals surface area contributed by atoms with E-state index in [4.69, 9.17) is 0 Å². The Bertz CT molecular complexity index is 1120. The van der Waals surface area contributed by atoms with Crippen LogP contribution in [-0.4, -0.2) is 40.0 Å². The molecule has 0 atom stereocenters. The number of benzene rings is 1. The number of sulfonamides is 1. The molecule has 4 rings (SSSR count). The Hall–Kier alpha value is -2.45. The summed E-state index contributed by atoms with van der Waals surface area (Å²) in [4.78, 5) is 12.8. The van der Waals surface area contributed by atoms with Crippen LogP contribution in [0.1, 0.15) is 24.0 Å². The van der Waals surface area contributed by atoms with Gasteiger partial charge < -0.3 is 0 Å². The van der Waals surface area contributed by atoms with Crippen LogP contribution in [0.25, 0.3) is 5.65 Å². The Morgan fingerprint density at radius 2 is 1.81 bits per heavy atom. The summed E-state index contributed by atoms with van der Waals surface area (Å²) in [6, 6.07) is 10.9. The molecule has 0 spiro atoms. The Labute approximate surface area is 151 Å². The van der Waals surface area contributed by atoms with Crippen LogP contribution in [-0.2, 0) is 16.6 Å². The minimum Gasteiger partial charge on any atom is -0.249 e. The van der Waals surface area contributed by atoms with E-state index in [1.54, 1.807) is 12.3 Å². The first-order valence-electron chi connectivity index (χ1n) is 8.61. The molecule has 7 nitrogen and oxygen atoms in total. The summed E-state index contributed by atoms with van der Waals surface area (Å²) >= 11 is 0. The van der Waals surface area contributed by atoms with Crippen LogP contribution < -0.4 is 5.69 Å². The maximum atomic E-state index is 12.9. The van der Waals surface area contributed by atoms with Crippen molar-refractivity contribution in [3.8, 4) is 0 Å². The first-order valence-corrected chi connectivity index (χ1v) is 10.1. The molecule has 0 unspecified atom stereocenters. The molecule has 26 heavy (non-hydrogen) atoms. The zero-order chi connectivity index (χ0) is 18.3. The normalized spacial score (nSPS) is 15.7. The molecular formula is C18H20N4O3S. The SMILES string of the molecule is Cc1ccccc1Cn1nc2c(S(=O)(=O)N3CCCC3)cccn2c1=O. The van der Waals surface area contributed by atoms with Crippen molar-refractivity contribution in [1.29, 1.82) is 0 Å². The fourth-order valence-corrected chi connectivity index (χ4v) is 4.97. The molecule has 2 aromatic heterocycles.